The molecule has 0 bridgehead atoms. The number of thioether (sulfide) groups is 1. The van der Waals surface area contributed by atoms with Crippen molar-refractivity contribution in [3.63, 3.8) is 0 Å². The summed E-state index contributed by atoms with van der Waals surface area (Å²) in [5.74, 6) is 12.8. The maximum absolute atomic E-state index is 12.6. The van der Waals surface area contributed by atoms with Crippen LogP contribution >= 0.6 is 11.8 Å². The predicted octanol–water partition coefficient (Wildman–Crippen LogP) is 7.04. The summed E-state index contributed by atoms with van der Waals surface area (Å²) in [7, 11) is 0. The number of hydrogen-bond acceptors (Lipinski definition) is 3. The molecule has 1 rings (SSSR count). The van der Waals surface area contributed by atoms with Crippen LogP contribution in [0.15, 0.2) is 23.1 Å². The molecule has 0 aliphatic carbocycles. The molecule has 1 aromatic carbocycles. The first-order chi connectivity index (χ1) is 16.6. The second kappa shape index (κ2) is 14.8. The largest absolute Gasteiger partial charge is 0.354 e. The number of amides is 1. The van der Waals surface area contributed by atoms with Gasteiger partial charge in [0.1, 0.15) is 0 Å². The van der Waals surface area contributed by atoms with Crippen LogP contribution in [0, 0.1) is 29.1 Å². The van der Waals surface area contributed by atoms with E-state index in [9.17, 15) is 4.79 Å². The van der Waals surface area contributed by atoms with E-state index in [0.717, 1.165) is 19.5 Å². The summed E-state index contributed by atoms with van der Waals surface area (Å²) in [5.41, 5.74) is 2.74. The summed E-state index contributed by atoms with van der Waals surface area (Å²) in [6, 6.07) is 6.72. The van der Waals surface area contributed by atoms with Gasteiger partial charge in [-0.05, 0) is 73.6 Å². The van der Waals surface area contributed by atoms with Gasteiger partial charge in [0.15, 0.2) is 0 Å². The average molecular weight is 511 g/mol. The zero-order valence-electron chi connectivity index (χ0n) is 24.7. The van der Waals surface area contributed by atoms with Gasteiger partial charge in [0.2, 0.25) is 5.91 Å². The lowest BCUT2D eigenvalue weighted by Gasteiger charge is -2.27. The number of carbonyl (C=O) groups is 1. The Hall–Kier alpha value is -1.88. The van der Waals surface area contributed by atoms with E-state index in [1.165, 1.54) is 28.9 Å². The quantitative estimate of drug-likeness (QED) is 0.197. The molecule has 0 fully saturated rings. The third kappa shape index (κ3) is 13.4. The van der Waals surface area contributed by atoms with Gasteiger partial charge < -0.3 is 5.32 Å². The van der Waals surface area contributed by atoms with E-state index in [2.05, 4.69) is 121 Å². The second-order valence-electron chi connectivity index (χ2n) is 12.6. The van der Waals surface area contributed by atoms with Crippen LogP contribution in [0.4, 0.5) is 0 Å². The van der Waals surface area contributed by atoms with Gasteiger partial charge in [-0.15, -0.1) is 11.8 Å². The Morgan fingerprint density at radius 3 is 2.22 bits per heavy atom. The van der Waals surface area contributed by atoms with Crippen molar-refractivity contribution in [3.8, 4) is 23.7 Å². The Bertz CT molecular complexity index is 953. The predicted molar refractivity (Wildman–Crippen MR) is 159 cm³/mol. The monoisotopic (exact) mass is 510 g/mol. The topological polar surface area (TPSA) is 32.3 Å². The zero-order valence-corrected chi connectivity index (χ0v) is 25.5. The molecule has 0 spiro atoms. The van der Waals surface area contributed by atoms with E-state index in [1.807, 2.05) is 0 Å². The van der Waals surface area contributed by atoms with Gasteiger partial charge in [-0.2, -0.15) is 0 Å². The number of unbranched alkanes of at least 4 members (excludes halogenated alkanes) is 2. The van der Waals surface area contributed by atoms with Crippen LogP contribution in [0.1, 0.15) is 99.6 Å². The van der Waals surface area contributed by atoms with Gasteiger partial charge in [-0.3, -0.25) is 9.69 Å². The summed E-state index contributed by atoms with van der Waals surface area (Å²) in [4.78, 5) is 16.2. The van der Waals surface area contributed by atoms with Crippen molar-refractivity contribution in [2.45, 2.75) is 104 Å². The van der Waals surface area contributed by atoms with Crippen LogP contribution in [0.2, 0.25) is 0 Å². The minimum atomic E-state index is -0.0277. The highest BCUT2D eigenvalue weighted by molar-refractivity contribution is 8.00. The molecule has 36 heavy (non-hydrogen) atoms. The van der Waals surface area contributed by atoms with Gasteiger partial charge in [0, 0.05) is 23.4 Å². The molecule has 1 aromatic rings. The summed E-state index contributed by atoms with van der Waals surface area (Å²) < 4.78 is 0. The molecule has 1 N–H and O–H groups in total. The molecule has 0 saturated heterocycles. The highest BCUT2D eigenvalue weighted by atomic mass is 32.2. The molecule has 0 aliphatic rings. The van der Waals surface area contributed by atoms with E-state index in [1.54, 1.807) is 11.8 Å². The number of carbonyl (C=O) groups excluding carboxylic acids is 1. The first-order valence-electron chi connectivity index (χ1n) is 13.4. The fourth-order valence-electron chi connectivity index (χ4n) is 3.53. The Morgan fingerprint density at radius 1 is 0.944 bits per heavy atom. The van der Waals surface area contributed by atoms with E-state index in [0.29, 0.717) is 18.8 Å². The summed E-state index contributed by atoms with van der Waals surface area (Å²) in [5, 5.41) is 3.11. The summed E-state index contributed by atoms with van der Waals surface area (Å²) in [6.07, 6.45) is 3.55. The Morgan fingerprint density at radius 2 is 1.64 bits per heavy atom. The van der Waals surface area contributed by atoms with Gasteiger partial charge in [0.25, 0.3) is 0 Å². The average Bonchev–Trinajstić information content (AvgIpc) is 2.75. The van der Waals surface area contributed by atoms with Crippen molar-refractivity contribution in [3.05, 3.63) is 29.3 Å². The van der Waals surface area contributed by atoms with E-state index in [4.69, 9.17) is 0 Å². The van der Waals surface area contributed by atoms with Crippen LogP contribution in [-0.4, -0.2) is 42.7 Å². The maximum atomic E-state index is 12.6. The van der Waals surface area contributed by atoms with Crippen molar-refractivity contribution in [2.24, 2.45) is 5.41 Å². The number of nitrogens with zero attached hydrogens (tertiary/aromatic N) is 1. The van der Waals surface area contributed by atoms with Crippen molar-refractivity contribution >= 4 is 17.7 Å². The van der Waals surface area contributed by atoms with Crippen LogP contribution in [0.5, 0.6) is 0 Å². The molecule has 0 aromatic heterocycles. The number of rotatable bonds is 11. The number of hydrogen-bond donors (Lipinski definition) is 1. The zero-order chi connectivity index (χ0) is 27.4. The van der Waals surface area contributed by atoms with Gasteiger partial charge >= 0.3 is 0 Å². The smallest absolute Gasteiger partial charge is 0.230 e. The van der Waals surface area contributed by atoms with Gasteiger partial charge in [-0.1, -0.05) is 85.3 Å². The van der Waals surface area contributed by atoms with Crippen LogP contribution in [0.25, 0.3) is 0 Å². The lowest BCUT2D eigenvalue weighted by molar-refractivity contribution is -0.118. The molecule has 200 valence electrons. The second-order valence-corrected chi connectivity index (χ2v) is 13.7. The molecule has 0 unspecified atom stereocenters. The molecule has 0 saturated carbocycles. The minimum absolute atomic E-state index is 0.0252. The molecule has 3 nitrogen and oxygen atoms in total. The third-order valence-corrected chi connectivity index (χ3v) is 6.81. The van der Waals surface area contributed by atoms with Crippen molar-refractivity contribution in [1.29, 1.82) is 0 Å². The summed E-state index contributed by atoms with van der Waals surface area (Å²) >= 11 is 1.64. The number of nitrogens with one attached hydrogen (secondary N) is 1. The summed E-state index contributed by atoms with van der Waals surface area (Å²) in [6.45, 7) is 25.0. The van der Waals surface area contributed by atoms with E-state index < -0.39 is 0 Å². The SMILES string of the molecule is CCCCCN(CC#CC#CC(C)(C)C)CCNC(=O)CSc1ccc(C(C)(C)C)cc1C(C)(C)C. The van der Waals surface area contributed by atoms with Crippen molar-refractivity contribution in [2.75, 3.05) is 31.9 Å². The molecule has 0 radical (unpaired) electrons. The lowest BCUT2D eigenvalue weighted by Crippen LogP contribution is -2.36. The van der Waals surface area contributed by atoms with Crippen molar-refractivity contribution < 1.29 is 4.79 Å². The Labute approximate surface area is 227 Å². The van der Waals surface area contributed by atoms with Crippen LogP contribution in [0.3, 0.4) is 0 Å². The van der Waals surface area contributed by atoms with E-state index >= 15 is 0 Å². The van der Waals surface area contributed by atoms with Gasteiger partial charge in [0.05, 0.1) is 12.3 Å². The van der Waals surface area contributed by atoms with Crippen molar-refractivity contribution in [1.82, 2.24) is 10.2 Å². The Kier molecular flexibility index (Phi) is 13.2. The van der Waals surface area contributed by atoms with Crippen LogP contribution in [-0.2, 0) is 15.6 Å². The molecular formula is C32H50N2OS. The Balaban J connectivity index is 2.68. The molecule has 1 amide bonds. The molecule has 4 heteroatoms. The lowest BCUT2D eigenvalue weighted by atomic mass is 9.81. The molecule has 0 aliphatic heterocycles. The third-order valence-electron chi connectivity index (χ3n) is 5.73. The standard InChI is InChI=1S/C32H50N2OS/c1-11-12-15-21-34(22-16-13-14-19-30(2,3)4)23-20-33-29(35)25-36-28-18-17-26(31(5,6)7)24-27(28)32(8,9)10/h17-18,24H,11-12,15,20-23,25H2,1-10H3,(H,33,35). The highest BCUT2D eigenvalue weighted by Gasteiger charge is 2.22. The van der Waals surface area contributed by atoms with E-state index in [-0.39, 0.29) is 22.2 Å². The maximum Gasteiger partial charge on any atom is 0.230 e. The first kappa shape index (κ1) is 32.1. The molecule has 0 heterocycles. The fourth-order valence-corrected chi connectivity index (χ4v) is 4.60. The number of benzene rings is 1. The van der Waals surface area contributed by atoms with Crippen LogP contribution < -0.4 is 5.32 Å². The fraction of sp³-hybridized carbons (Fsp3) is 0.656. The highest BCUT2D eigenvalue weighted by Crippen LogP contribution is 2.36. The minimum Gasteiger partial charge on any atom is -0.354 e. The first-order valence-corrected chi connectivity index (χ1v) is 14.4. The van der Waals surface area contributed by atoms with Gasteiger partial charge in [-0.25, -0.2) is 0 Å². The molecule has 0 atom stereocenters. The molecular weight excluding hydrogens is 460 g/mol. The normalized spacial score (nSPS) is 12.0.